The van der Waals surface area contributed by atoms with Gasteiger partial charge in [0.25, 0.3) is 0 Å². The van der Waals surface area contributed by atoms with Gasteiger partial charge in [-0.3, -0.25) is 14.6 Å². The van der Waals surface area contributed by atoms with E-state index in [0.29, 0.717) is 12.1 Å². The number of hydrogen-bond donors (Lipinski definition) is 1. The standard InChI is InChI=1S/C21H18N4O3/c1-14(26)23-17-8-6-15(7-9-17)18-12-19(16-4-2-10-22-13-16)25(24-18)21(27)20-5-3-11-28-20/h2-11,13,19H,12H2,1H3,(H,23,26)/t19-/m1/s1. The minimum absolute atomic E-state index is 0.127. The summed E-state index contributed by atoms with van der Waals surface area (Å²) in [5.74, 6) is -0.193. The Kier molecular flexibility index (Phi) is 4.72. The van der Waals surface area contributed by atoms with Crippen molar-refractivity contribution >= 4 is 23.2 Å². The number of nitrogens with one attached hydrogen (secondary N) is 1. The molecule has 0 unspecified atom stereocenters. The van der Waals surface area contributed by atoms with Gasteiger partial charge in [-0.2, -0.15) is 5.10 Å². The van der Waals surface area contributed by atoms with Crippen LogP contribution in [-0.2, 0) is 4.79 Å². The number of rotatable bonds is 4. The van der Waals surface area contributed by atoms with Crippen molar-refractivity contribution in [2.45, 2.75) is 19.4 Å². The molecule has 3 heterocycles. The number of carbonyl (C=O) groups excluding carboxylic acids is 2. The fourth-order valence-corrected chi connectivity index (χ4v) is 3.17. The summed E-state index contributed by atoms with van der Waals surface area (Å²) in [6.45, 7) is 1.46. The number of hydrogen-bond acceptors (Lipinski definition) is 5. The summed E-state index contributed by atoms with van der Waals surface area (Å²) in [6, 6.07) is 14.2. The van der Waals surface area contributed by atoms with Crippen LogP contribution >= 0.6 is 0 Å². The number of amides is 2. The maximum absolute atomic E-state index is 12.9. The van der Waals surface area contributed by atoms with Crippen LogP contribution in [0.5, 0.6) is 0 Å². The molecule has 7 nitrogen and oxygen atoms in total. The molecule has 0 radical (unpaired) electrons. The molecule has 0 aliphatic carbocycles. The fraction of sp³-hybridized carbons (Fsp3) is 0.143. The van der Waals surface area contributed by atoms with Crippen molar-refractivity contribution in [1.82, 2.24) is 9.99 Å². The first-order valence-electron chi connectivity index (χ1n) is 8.84. The van der Waals surface area contributed by atoms with Crippen LogP contribution in [0, 0.1) is 0 Å². The molecule has 1 aliphatic heterocycles. The summed E-state index contributed by atoms with van der Waals surface area (Å²) in [5.41, 5.74) is 3.28. The van der Waals surface area contributed by atoms with Crippen LogP contribution in [0.4, 0.5) is 5.69 Å². The number of nitrogens with zero attached hydrogens (tertiary/aromatic N) is 3. The number of aromatic nitrogens is 1. The quantitative estimate of drug-likeness (QED) is 0.755. The lowest BCUT2D eigenvalue weighted by atomic mass is 9.99. The predicted octanol–water partition coefficient (Wildman–Crippen LogP) is 3.62. The number of anilines is 1. The number of benzene rings is 1. The Balaban J connectivity index is 1.65. The van der Waals surface area contributed by atoms with Gasteiger partial charge >= 0.3 is 5.91 Å². The molecule has 0 bridgehead atoms. The van der Waals surface area contributed by atoms with Gasteiger partial charge in [-0.25, -0.2) is 5.01 Å². The maximum atomic E-state index is 12.9. The van der Waals surface area contributed by atoms with Crippen molar-refractivity contribution in [3.63, 3.8) is 0 Å². The van der Waals surface area contributed by atoms with Crippen molar-refractivity contribution < 1.29 is 14.0 Å². The summed E-state index contributed by atoms with van der Waals surface area (Å²) < 4.78 is 5.27. The van der Waals surface area contributed by atoms with Crippen LogP contribution in [-0.4, -0.2) is 27.5 Å². The van der Waals surface area contributed by atoms with Gasteiger partial charge < -0.3 is 9.73 Å². The normalized spacial score (nSPS) is 16.0. The zero-order chi connectivity index (χ0) is 19.5. The Bertz CT molecular complexity index is 1010. The number of furan rings is 1. The second kappa shape index (κ2) is 7.48. The van der Waals surface area contributed by atoms with E-state index in [0.717, 1.165) is 16.8 Å². The number of pyridine rings is 1. The number of hydrazone groups is 1. The minimum atomic E-state index is -0.302. The van der Waals surface area contributed by atoms with E-state index in [1.165, 1.54) is 18.2 Å². The zero-order valence-corrected chi connectivity index (χ0v) is 15.2. The van der Waals surface area contributed by atoms with Crippen molar-refractivity contribution in [1.29, 1.82) is 0 Å². The summed E-state index contributed by atoms with van der Waals surface area (Å²) in [7, 11) is 0. The fourth-order valence-electron chi connectivity index (χ4n) is 3.17. The second-order valence-corrected chi connectivity index (χ2v) is 6.44. The first-order valence-corrected chi connectivity index (χ1v) is 8.84. The highest BCUT2D eigenvalue weighted by molar-refractivity contribution is 6.05. The third kappa shape index (κ3) is 3.55. The molecule has 2 amide bonds. The number of carbonyl (C=O) groups is 2. The smallest absolute Gasteiger partial charge is 0.310 e. The lowest BCUT2D eigenvalue weighted by molar-refractivity contribution is -0.114. The van der Waals surface area contributed by atoms with Gasteiger partial charge in [0, 0.05) is 31.4 Å². The molecule has 2 aromatic heterocycles. The first kappa shape index (κ1) is 17.7. The molecule has 7 heteroatoms. The van der Waals surface area contributed by atoms with Gasteiger partial charge in [-0.1, -0.05) is 18.2 Å². The van der Waals surface area contributed by atoms with E-state index in [2.05, 4.69) is 15.4 Å². The highest BCUT2D eigenvalue weighted by Gasteiger charge is 2.34. The largest absolute Gasteiger partial charge is 0.459 e. The average Bonchev–Trinajstić information content (AvgIpc) is 3.39. The van der Waals surface area contributed by atoms with Gasteiger partial charge in [0.15, 0.2) is 5.76 Å². The van der Waals surface area contributed by atoms with Gasteiger partial charge in [0.05, 0.1) is 18.0 Å². The molecule has 0 spiro atoms. The first-order chi connectivity index (χ1) is 13.6. The van der Waals surface area contributed by atoms with E-state index in [-0.39, 0.29) is 23.6 Å². The SMILES string of the molecule is CC(=O)Nc1ccc(C2=NN(C(=O)c3ccco3)[C@@H](c3cccnc3)C2)cc1. The van der Waals surface area contributed by atoms with Crippen LogP contribution in [0.1, 0.15) is 41.1 Å². The molecular weight excluding hydrogens is 356 g/mol. The minimum Gasteiger partial charge on any atom is -0.459 e. The molecule has 0 fully saturated rings. The molecule has 1 atom stereocenters. The summed E-state index contributed by atoms with van der Waals surface area (Å²) in [5, 5.41) is 8.78. The van der Waals surface area contributed by atoms with Gasteiger partial charge in [-0.15, -0.1) is 0 Å². The summed E-state index contributed by atoms with van der Waals surface area (Å²) in [6.07, 6.45) is 5.45. The Morgan fingerprint density at radius 1 is 1.14 bits per heavy atom. The molecule has 1 aromatic carbocycles. The lowest BCUT2D eigenvalue weighted by Gasteiger charge is -2.20. The van der Waals surface area contributed by atoms with Crippen molar-refractivity contribution in [3.05, 3.63) is 84.1 Å². The van der Waals surface area contributed by atoms with Gasteiger partial charge in [0.2, 0.25) is 5.91 Å². The highest BCUT2D eigenvalue weighted by atomic mass is 16.3. The Hall–Kier alpha value is -3.74. The predicted molar refractivity (Wildman–Crippen MR) is 104 cm³/mol. The van der Waals surface area contributed by atoms with E-state index >= 15 is 0 Å². The van der Waals surface area contributed by atoms with Crippen LogP contribution in [0.15, 0.2) is 76.7 Å². The summed E-state index contributed by atoms with van der Waals surface area (Å²) >= 11 is 0. The Labute approximate surface area is 161 Å². The lowest BCUT2D eigenvalue weighted by Crippen LogP contribution is -2.26. The highest BCUT2D eigenvalue weighted by Crippen LogP contribution is 2.33. The van der Waals surface area contributed by atoms with Crippen molar-refractivity contribution in [2.75, 3.05) is 5.32 Å². The molecule has 140 valence electrons. The van der Waals surface area contributed by atoms with E-state index in [1.807, 2.05) is 36.4 Å². The Morgan fingerprint density at radius 2 is 1.96 bits per heavy atom. The van der Waals surface area contributed by atoms with Gasteiger partial charge in [0.1, 0.15) is 0 Å². The molecule has 1 N–H and O–H groups in total. The van der Waals surface area contributed by atoms with Gasteiger partial charge in [-0.05, 0) is 41.5 Å². The third-order valence-corrected chi connectivity index (χ3v) is 4.46. The van der Waals surface area contributed by atoms with Crippen molar-refractivity contribution in [3.8, 4) is 0 Å². The molecule has 1 aliphatic rings. The maximum Gasteiger partial charge on any atom is 0.310 e. The second-order valence-electron chi connectivity index (χ2n) is 6.44. The van der Waals surface area contributed by atoms with Crippen LogP contribution < -0.4 is 5.32 Å². The molecule has 0 saturated heterocycles. The van der Waals surface area contributed by atoms with E-state index < -0.39 is 0 Å². The molecule has 3 aromatic rings. The molecular formula is C21H18N4O3. The topological polar surface area (TPSA) is 87.8 Å². The molecule has 4 rings (SSSR count). The van der Waals surface area contributed by atoms with Crippen LogP contribution in [0.25, 0.3) is 0 Å². The Morgan fingerprint density at radius 3 is 2.61 bits per heavy atom. The average molecular weight is 374 g/mol. The monoisotopic (exact) mass is 374 g/mol. The summed E-state index contributed by atoms with van der Waals surface area (Å²) in [4.78, 5) is 28.3. The van der Waals surface area contributed by atoms with Crippen molar-refractivity contribution in [2.24, 2.45) is 5.10 Å². The van der Waals surface area contributed by atoms with E-state index in [4.69, 9.17) is 4.42 Å². The van der Waals surface area contributed by atoms with Crippen LogP contribution in [0.2, 0.25) is 0 Å². The zero-order valence-electron chi connectivity index (χ0n) is 15.2. The molecule has 0 saturated carbocycles. The third-order valence-electron chi connectivity index (χ3n) is 4.46. The molecule has 28 heavy (non-hydrogen) atoms. The van der Waals surface area contributed by atoms with E-state index in [9.17, 15) is 9.59 Å². The van der Waals surface area contributed by atoms with Crippen LogP contribution in [0.3, 0.4) is 0 Å². The van der Waals surface area contributed by atoms with E-state index in [1.54, 1.807) is 24.5 Å².